The van der Waals surface area contributed by atoms with E-state index in [0.29, 0.717) is 25.8 Å². The number of hydrogen-bond acceptors (Lipinski definition) is 4. The van der Waals surface area contributed by atoms with Gasteiger partial charge in [0.2, 0.25) is 11.8 Å². The van der Waals surface area contributed by atoms with Crippen molar-refractivity contribution in [2.75, 3.05) is 24.5 Å². The Morgan fingerprint density at radius 2 is 1.78 bits per heavy atom. The number of rotatable bonds is 11. The molecule has 2 aromatic rings. The molecular formula is C26H36N4O2. The van der Waals surface area contributed by atoms with Crippen molar-refractivity contribution >= 4 is 17.6 Å². The molecular weight excluding hydrogens is 400 g/mol. The Morgan fingerprint density at radius 3 is 2.47 bits per heavy atom. The second-order valence-corrected chi connectivity index (χ2v) is 8.48. The third-order valence-corrected chi connectivity index (χ3v) is 5.89. The van der Waals surface area contributed by atoms with Crippen molar-refractivity contribution in [3.8, 4) is 0 Å². The minimum absolute atomic E-state index is 0.0213. The fourth-order valence-corrected chi connectivity index (χ4v) is 4.15. The van der Waals surface area contributed by atoms with Gasteiger partial charge >= 0.3 is 0 Å². The van der Waals surface area contributed by atoms with Gasteiger partial charge in [0.05, 0.1) is 0 Å². The van der Waals surface area contributed by atoms with Gasteiger partial charge in [-0.25, -0.2) is 4.98 Å². The molecule has 6 nitrogen and oxygen atoms in total. The fourth-order valence-electron chi connectivity index (χ4n) is 4.15. The monoisotopic (exact) mass is 436 g/mol. The molecule has 2 amide bonds. The summed E-state index contributed by atoms with van der Waals surface area (Å²) in [5, 5.41) is 2.95. The van der Waals surface area contributed by atoms with Crippen molar-refractivity contribution in [3.05, 3.63) is 59.3 Å². The van der Waals surface area contributed by atoms with Crippen LogP contribution in [0.3, 0.4) is 0 Å². The molecule has 1 aromatic carbocycles. The van der Waals surface area contributed by atoms with Gasteiger partial charge in [0.25, 0.3) is 0 Å². The average molecular weight is 437 g/mol. The van der Waals surface area contributed by atoms with Crippen LogP contribution in [0.5, 0.6) is 0 Å². The minimum atomic E-state index is -0.0213. The lowest BCUT2D eigenvalue weighted by Crippen LogP contribution is -2.32. The maximum atomic E-state index is 12.3. The summed E-state index contributed by atoms with van der Waals surface area (Å²) in [6.45, 7) is 8.06. The number of carbonyl (C=O) groups excluding carboxylic acids is 2. The molecule has 0 fully saturated rings. The SMILES string of the molecule is CCCN(CCC)C(=O)CCCC(=O)NCc1ccc(N2CCc3ccccc3C2)nc1. The number of pyridine rings is 1. The van der Waals surface area contributed by atoms with Gasteiger partial charge in [-0.15, -0.1) is 0 Å². The molecule has 1 aliphatic rings. The van der Waals surface area contributed by atoms with Crippen LogP contribution >= 0.6 is 0 Å². The molecule has 0 spiro atoms. The van der Waals surface area contributed by atoms with Crippen molar-refractivity contribution in [1.82, 2.24) is 15.2 Å². The molecule has 0 saturated carbocycles. The van der Waals surface area contributed by atoms with Gasteiger partial charge in [0.1, 0.15) is 5.82 Å². The first-order valence-electron chi connectivity index (χ1n) is 11.9. The maximum absolute atomic E-state index is 12.3. The molecule has 0 bridgehead atoms. The standard InChI is InChI=1S/C26H36N4O2/c1-3-15-29(16-4-2)26(32)11-7-10-25(31)28-19-21-12-13-24(27-18-21)30-17-14-22-8-5-6-9-23(22)20-30/h5-6,8-9,12-13,18H,3-4,7,10-11,14-17,19-20H2,1-2H3,(H,28,31). The van der Waals surface area contributed by atoms with Crippen molar-refractivity contribution in [1.29, 1.82) is 0 Å². The number of aromatic nitrogens is 1. The normalized spacial score (nSPS) is 12.9. The zero-order valence-electron chi connectivity index (χ0n) is 19.5. The van der Waals surface area contributed by atoms with Crippen molar-refractivity contribution in [2.24, 2.45) is 0 Å². The van der Waals surface area contributed by atoms with Crippen LogP contribution in [0.25, 0.3) is 0 Å². The Bertz CT molecular complexity index is 876. The summed E-state index contributed by atoms with van der Waals surface area (Å²) in [5.41, 5.74) is 3.77. The predicted octanol–water partition coefficient (Wildman–Crippen LogP) is 4.08. The van der Waals surface area contributed by atoms with Crippen molar-refractivity contribution < 1.29 is 9.59 Å². The fraction of sp³-hybridized carbons (Fsp3) is 0.500. The van der Waals surface area contributed by atoms with Crippen LogP contribution in [0.15, 0.2) is 42.6 Å². The van der Waals surface area contributed by atoms with Gasteiger partial charge < -0.3 is 15.1 Å². The molecule has 0 saturated heterocycles. The number of fused-ring (bicyclic) bond motifs is 1. The van der Waals surface area contributed by atoms with E-state index in [2.05, 4.69) is 53.3 Å². The Kier molecular flexibility index (Phi) is 9.08. The number of nitrogens with one attached hydrogen (secondary N) is 1. The van der Waals surface area contributed by atoms with E-state index in [0.717, 1.165) is 56.8 Å². The molecule has 1 N–H and O–H groups in total. The highest BCUT2D eigenvalue weighted by Gasteiger charge is 2.17. The van der Waals surface area contributed by atoms with E-state index in [1.54, 1.807) is 0 Å². The number of carbonyl (C=O) groups is 2. The minimum Gasteiger partial charge on any atom is -0.352 e. The Balaban J connectivity index is 1.39. The number of anilines is 1. The third kappa shape index (κ3) is 6.81. The summed E-state index contributed by atoms with van der Waals surface area (Å²) in [6.07, 6.45) is 6.19. The molecule has 2 heterocycles. The van der Waals surface area contributed by atoms with Crippen LogP contribution in [0.4, 0.5) is 5.82 Å². The second kappa shape index (κ2) is 12.2. The highest BCUT2D eigenvalue weighted by atomic mass is 16.2. The Labute approximate surface area is 192 Å². The Hall–Kier alpha value is -2.89. The zero-order chi connectivity index (χ0) is 22.8. The summed E-state index contributed by atoms with van der Waals surface area (Å²) in [4.78, 5) is 33.3. The van der Waals surface area contributed by atoms with E-state index in [1.165, 1.54) is 11.1 Å². The van der Waals surface area contributed by atoms with Gasteiger partial charge in [-0.2, -0.15) is 0 Å². The van der Waals surface area contributed by atoms with Crippen LogP contribution in [0.1, 0.15) is 62.6 Å². The molecule has 1 aromatic heterocycles. The number of benzene rings is 1. The lowest BCUT2D eigenvalue weighted by atomic mass is 10.00. The Morgan fingerprint density at radius 1 is 1.03 bits per heavy atom. The maximum Gasteiger partial charge on any atom is 0.222 e. The molecule has 32 heavy (non-hydrogen) atoms. The topological polar surface area (TPSA) is 65.5 Å². The first kappa shape index (κ1) is 23.8. The number of hydrogen-bond donors (Lipinski definition) is 1. The van der Waals surface area contributed by atoms with Crippen LogP contribution in [-0.2, 0) is 29.1 Å². The molecule has 6 heteroatoms. The number of amides is 2. The first-order valence-corrected chi connectivity index (χ1v) is 11.9. The van der Waals surface area contributed by atoms with E-state index in [1.807, 2.05) is 23.2 Å². The molecule has 0 radical (unpaired) electrons. The van der Waals surface area contributed by atoms with E-state index < -0.39 is 0 Å². The van der Waals surface area contributed by atoms with E-state index in [4.69, 9.17) is 0 Å². The van der Waals surface area contributed by atoms with Crippen molar-refractivity contribution in [2.45, 2.75) is 65.5 Å². The summed E-state index contributed by atoms with van der Waals surface area (Å²) in [6, 6.07) is 12.6. The summed E-state index contributed by atoms with van der Waals surface area (Å²) in [7, 11) is 0. The average Bonchev–Trinajstić information content (AvgIpc) is 2.82. The quantitative estimate of drug-likeness (QED) is 0.576. The van der Waals surface area contributed by atoms with Crippen molar-refractivity contribution in [3.63, 3.8) is 0 Å². The summed E-state index contributed by atoms with van der Waals surface area (Å²) < 4.78 is 0. The lowest BCUT2D eigenvalue weighted by molar-refractivity contribution is -0.131. The largest absolute Gasteiger partial charge is 0.352 e. The molecule has 1 aliphatic heterocycles. The smallest absolute Gasteiger partial charge is 0.222 e. The van der Waals surface area contributed by atoms with E-state index in [9.17, 15) is 9.59 Å². The van der Waals surface area contributed by atoms with Gasteiger partial charge in [-0.3, -0.25) is 9.59 Å². The van der Waals surface area contributed by atoms with Crippen LogP contribution in [0.2, 0.25) is 0 Å². The predicted molar refractivity (Wildman–Crippen MR) is 128 cm³/mol. The molecule has 0 unspecified atom stereocenters. The molecule has 0 aliphatic carbocycles. The van der Waals surface area contributed by atoms with Crippen LogP contribution in [-0.4, -0.2) is 41.3 Å². The zero-order valence-corrected chi connectivity index (χ0v) is 19.5. The second-order valence-electron chi connectivity index (χ2n) is 8.48. The van der Waals surface area contributed by atoms with Gasteiger partial charge in [0.15, 0.2) is 0 Å². The number of nitrogens with zero attached hydrogens (tertiary/aromatic N) is 3. The summed E-state index contributed by atoms with van der Waals surface area (Å²) >= 11 is 0. The van der Waals surface area contributed by atoms with Gasteiger partial charge in [0, 0.05) is 51.8 Å². The third-order valence-electron chi connectivity index (χ3n) is 5.89. The lowest BCUT2D eigenvalue weighted by Gasteiger charge is -2.29. The van der Waals surface area contributed by atoms with E-state index >= 15 is 0 Å². The van der Waals surface area contributed by atoms with E-state index in [-0.39, 0.29) is 11.8 Å². The van der Waals surface area contributed by atoms with Gasteiger partial charge in [-0.1, -0.05) is 44.2 Å². The molecule has 0 atom stereocenters. The highest BCUT2D eigenvalue weighted by Crippen LogP contribution is 2.23. The molecule has 3 rings (SSSR count). The highest BCUT2D eigenvalue weighted by molar-refractivity contribution is 5.79. The van der Waals surface area contributed by atoms with Crippen LogP contribution < -0.4 is 10.2 Å². The van der Waals surface area contributed by atoms with Crippen LogP contribution in [0, 0.1) is 0 Å². The first-order chi connectivity index (χ1) is 15.6. The molecule has 172 valence electrons. The van der Waals surface area contributed by atoms with Gasteiger partial charge in [-0.05, 0) is 48.4 Å². The summed E-state index contributed by atoms with van der Waals surface area (Å²) in [5.74, 6) is 1.10.